The molecule has 1 N–H and O–H groups in total. The molecule has 3 nitrogen and oxygen atoms in total. The summed E-state index contributed by atoms with van der Waals surface area (Å²) in [6.45, 7) is 6.48. The van der Waals surface area contributed by atoms with Crippen molar-refractivity contribution in [3.8, 4) is 0 Å². The van der Waals surface area contributed by atoms with Crippen LogP contribution in [0.1, 0.15) is 28.4 Å². The molecule has 3 heteroatoms. The largest absolute Gasteiger partial charge is 0.383 e. The smallest absolute Gasteiger partial charge is 0.251 e. The Balaban J connectivity index is 2.69. The second-order valence-electron chi connectivity index (χ2n) is 4.13. The first kappa shape index (κ1) is 12.7. The predicted molar refractivity (Wildman–Crippen MR) is 64.7 cm³/mol. The summed E-state index contributed by atoms with van der Waals surface area (Å²) in [5, 5.41) is 2.88. The van der Waals surface area contributed by atoms with Gasteiger partial charge in [0.15, 0.2) is 0 Å². The maximum absolute atomic E-state index is 11.8. The van der Waals surface area contributed by atoms with Gasteiger partial charge in [-0.05, 0) is 44.0 Å². The molecule has 16 heavy (non-hydrogen) atoms. The summed E-state index contributed by atoms with van der Waals surface area (Å²) in [6.07, 6.45) is 0. The van der Waals surface area contributed by atoms with Crippen molar-refractivity contribution in [2.45, 2.75) is 26.8 Å². The Hall–Kier alpha value is -1.35. The molecule has 0 fully saturated rings. The maximum atomic E-state index is 11.8. The third-order valence-electron chi connectivity index (χ3n) is 2.56. The highest BCUT2D eigenvalue weighted by molar-refractivity contribution is 5.94. The van der Waals surface area contributed by atoms with E-state index in [1.807, 2.05) is 39.0 Å². The Bertz CT molecular complexity index is 374. The summed E-state index contributed by atoms with van der Waals surface area (Å²) in [7, 11) is 1.62. The molecular weight excluding hydrogens is 202 g/mol. The fraction of sp³-hybridized carbons (Fsp3) is 0.462. The first-order chi connectivity index (χ1) is 7.54. The highest BCUT2D eigenvalue weighted by Crippen LogP contribution is 2.09. The average molecular weight is 221 g/mol. The van der Waals surface area contributed by atoms with Gasteiger partial charge < -0.3 is 10.1 Å². The highest BCUT2D eigenvalue weighted by Gasteiger charge is 2.09. The van der Waals surface area contributed by atoms with Crippen molar-refractivity contribution in [2.75, 3.05) is 13.7 Å². The first-order valence-electron chi connectivity index (χ1n) is 5.41. The number of hydrogen-bond donors (Lipinski definition) is 1. The number of amides is 1. The Morgan fingerprint density at radius 3 is 2.62 bits per heavy atom. The summed E-state index contributed by atoms with van der Waals surface area (Å²) >= 11 is 0. The minimum Gasteiger partial charge on any atom is -0.383 e. The van der Waals surface area contributed by atoms with Crippen LogP contribution in [0.25, 0.3) is 0 Å². The van der Waals surface area contributed by atoms with E-state index in [2.05, 4.69) is 5.32 Å². The molecule has 0 aliphatic rings. The van der Waals surface area contributed by atoms with Crippen molar-refractivity contribution in [3.63, 3.8) is 0 Å². The number of benzene rings is 1. The summed E-state index contributed by atoms with van der Waals surface area (Å²) in [4.78, 5) is 11.8. The van der Waals surface area contributed by atoms with E-state index in [-0.39, 0.29) is 11.9 Å². The molecule has 0 aliphatic carbocycles. The Labute approximate surface area is 96.8 Å². The molecule has 1 aromatic rings. The molecule has 0 aliphatic heterocycles. The molecule has 0 saturated heterocycles. The monoisotopic (exact) mass is 221 g/mol. The van der Waals surface area contributed by atoms with Crippen LogP contribution in [0.2, 0.25) is 0 Å². The molecule has 0 radical (unpaired) electrons. The molecule has 1 aromatic carbocycles. The maximum Gasteiger partial charge on any atom is 0.251 e. The summed E-state index contributed by atoms with van der Waals surface area (Å²) in [5.74, 6) is -0.0485. The van der Waals surface area contributed by atoms with Crippen LogP contribution >= 0.6 is 0 Å². The van der Waals surface area contributed by atoms with E-state index >= 15 is 0 Å². The molecule has 0 saturated carbocycles. The van der Waals surface area contributed by atoms with Crippen LogP contribution in [0.4, 0.5) is 0 Å². The number of carbonyl (C=O) groups is 1. The molecule has 0 heterocycles. The Morgan fingerprint density at radius 2 is 2.06 bits per heavy atom. The predicted octanol–water partition coefficient (Wildman–Crippen LogP) is 2.07. The molecule has 0 aromatic heterocycles. The van der Waals surface area contributed by atoms with Gasteiger partial charge in [0, 0.05) is 18.7 Å². The van der Waals surface area contributed by atoms with E-state index in [1.54, 1.807) is 7.11 Å². The van der Waals surface area contributed by atoms with Crippen molar-refractivity contribution >= 4 is 5.91 Å². The zero-order valence-corrected chi connectivity index (χ0v) is 10.3. The first-order valence-corrected chi connectivity index (χ1v) is 5.41. The van der Waals surface area contributed by atoms with Crippen molar-refractivity contribution in [1.82, 2.24) is 5.32 Å². The fourth-order valence-corrected chi connectivity index (χ4v) is 1.48. The minimum absolute atomic E-state index is 0.0270. The van der Waals surface area contributed by atoms with Crippen LogP contribution in [0.5, 0.6) is 0 Å². The third kappa shape index (κ3) is 3.35. The van der Waals surface area contributed by atoms with E-state index in [4.69, 9.17) is 4.74 Å². The molecule has 0 unspecified atom stereocenters. The van der Waals surface area contributed by atoms with Gasteiger partial charge in [-0.15, -0.1) is 0 Å². The standard InChI is InChI=1S/C13H19NO2/c1-9-5-6-12(7-10(9)2)13(15)14-11(3)8-16-4/h5-7,11H,8H2,1-4H3,(H,14,15)/t11-/m0/s1. The average Bonchev–Trinajstić information content (AvgIpc) is 2.22. The van der Waals surface area contributed by atoms with E-state index in [1.165, 1.54) is 5.56 Å². The van der Waals surface area contributed by atoms with Gasteiger partial charge in [0.05, 0.1) is 6.61 Å². The molecule has 88 valence electrons. The van der Waals surface area contributed by atoms with E-state index in [0.29, 0.717) is 12.2 Å². The molecule has 0 spiro atoms. The third-order valence-corrected chi connectivity index (χ3v) is 2.56. The molecule has 1 amide bonds. The van der Waals surface area contributed by atoms with Crippen molar-refractivity contribution in [3.05, 3.63) is 34.9 Å². The number of methoxy groups -OCH3 is 1. The quantitative estimate of drug-likeness (QED) is 0.845. The lowest BCUT2D eigenvalue weighted by Gasteiger charge is -2.13. The SMILES string of the molecule is COC[C@H](C)NC(=O)c1ccc(C)c(C)c1. The van der Waals surface area contributed by atoms with Crippen LogP contribution < -0.4 is 5.32 Å². The number of aryl methyl sites for hydroxylation is 2. The lowest BCUT2D eigenvalue weighted by atomic mass is 10.1. The van der Waals surface area contributed by atoms with Gasteiger partial charge in [-0.1, -0.05) is 6.07 Å². The summed E-state index contributed by atoms with van der Waals surface area (Å²) < 4.78 is 4.97. The van der Waals surface area contributed by atoms with Gasteiger partial charge in [-0.3, -0.25) is 4.79 Å². The number of hydrogen-bond acceptors (Lipinski definition) is 2. The zero-order valence-electron chi connectivity index (χ0n) is 10.3. The number of carbonyl (C=O) groups excluding carboxylic acids is 1. The van der Waals surface area contributed by atoms with E-state index in [0.717, 1.165) is 5.56 Å². The van der Waals surface area contributed by atoms with Crippen molar-refractivity contribution in [2.24, 2.45) is 0 Å². The van der Waals surface area contributed by atoms with Gasteiger partial charge in [0.1, 0.15) is 0 Å². The van der Waals surface area contributed by atoms with E-state index < -0.39 is 0 Å². The Kier molecular flexibility index (Phi) is 4.50. The van der Waals surface area contributed by atoms with Crippen molar-refractivity contribution < 1.29 is 9.53 Å². The lowest BCUT2D eigenvalue weighted by Crippen LogP contribution is -2.35. The fourth-order valence-electron chi connectivity index (χ4n) is 1.48. The summed E-state index contributed by atoms with van der Waals surface area (Å²) in [6, 6.07) is 5.74. The number of ether oxygens (including phenoxy) is 1. The highest BCUT2D eigenvalue weighted by atomic mass is 16.5. The Morgan fingerprint density at radius 1 is 1.38 bits per heavy atom. The van der Waals surface area contributed by atoms with Gasteiger partial charge in [-0.25, -0.2) is 0 Å². The number of nitrogens with one attached hydrogen (secondary N) is 1. The normalized spacial score (nSPS) is 12.2. The van der Waals surface area contributed by atoms with Crippen LogP contribution in [-0.4, -0.2) is 25.7 Å². The number of rotatable bonds is 4. The van der Waals surface area contributed by atoms with Gasteiger partial charge in [0.2, 0.25) is 0 Å². The van der Waals surface area contributed by atoms with Gasteiger partial charge in [-0.2, -0.15) is 0 Å². The molecular formula is C13H19NO2. The molecule has 1 atom stereocenters. The van der Waals surface area contributed by atoms with Crippen LogP contribution in [0.15, 0.2) is 18.2 Å². The molecule has 0 bridgehead atoms. The van der Waals surface area contributed by atoms with Crippen LogP contribution in [-0.2, 0) is 4.74 Å². The van der Waals surface area contributed by atoms with Gasteiger partial charge >= 0.3 is 0 Å². The van der Waals surface area contributed by atoms with Crippen LogP contribution in [0.3, 0.4) is 0 Å². The minimum atomic E-state index is -0.0485. The topological polar surface area (TPSA) is 38.3 Å². The second-order valence-corrected chi connectivity index (χ2v) is 4.13. The van der Waals surface area contributed by atoms with Crippen molar-refractivity contribution in [1.29, 1.82) is 0 Å². The second kappa shape index (κ2) is 5.66. The summed E-state index contributed by atoms with van der Waals surface area (Å²) in [5.41, 5.74) is 3.03. The molecule has 1 rings (SSSR count). The van der Waals surface area contributed by atoms with Gasteiger partial charge in [0.25, 0.3) is 5.91 Å². The lowest BCUT2D eigenvalue weighted by molar-refractivity contribution is 0.0905. The zero-order chi connectivity index (χ0) is 12.1. The van der Waals surface area contributed by atoms with Crippen LogP contribution in [0, 0.1) is 13.8 Å². The van der Waals surface area contributed by atoms with E-state index in [9.17, 15) is 4.79 Å².